The van der Waals surface area contributed by atoms with E-state index in [-0.39, 0.29) is 18.0 Å². The number of amides is 1. The minimum absolute atomic E-state index is 0.186. The predicted octanol–water partition coefficient (Wildman–Crippen LogP) is 2.52. The van der Waals surface area contributed by atoms with E-state index in [2.05, 4.69) is 15.3 Å². The molecule has 0 atom stereocenters. The SMILES string of the molecule is CC(C)(C)OC(=O)N1CCC(Nc2ncnc(N)c2Cl)CC1. The number of rotatable bonds is 2. The molecule has 1 saturated heterocycles. The maximum absolute atomic E-state index is 12.0. The van der Waals surface area contributed by atoms with Gasteiger partial charge in [0.05, 0.1) is 0 Å². The number of aromatic nitrogens is 2. The summed E-state index contributed by atoms with van der Waals surface area (Å²) in [6.45, 7) is 6.84. The summed E-state index contributed by atoms with van der Waals surface area (Å²) in [5.74, 6) is 0.787. The molecule has 1 aromatic heterocycles. The minimum Gasteiger partial charge on any atom is -0.444 e. The van der Waals surface area contributed by atoms with Crippen molar-refractivity contribution in [1.82, 2.24) is 14.9 Å². The molecule has 22 heavy (non-hydrogen) atoms. The average Bonchev–Trinajstić information content (AvgIpc) is 2.43. The normalized spacial score (nSPS) is 16.5. The standard InChI is InChI=1S/C14H22ClN5O2/c1-14(2,3)22-13(21)20-6-4-9(5-7-20)19-12-10(15)11(16)17-8-18-12/h8-9H,4-7H2,1-3H3,(H3,16,17,18,19). The summed E-state index contributed by atoms with van der Waals surface area (Å²) in [4.78, 5) is 21.6. The second-order valence-electron chi connectivity index (χ2n) is 6.31. The van der Waals surface area contributed by atoms with E-state index in [1.54, 1.807) is 4.90 Å². The number of nitrogens with two attached hydrogens (primary N) is 1. The number of anilines is 2. The highest BCUT2D eigenvalue weighted by Crippen LogP contribution is 2.26. The van der Waals surface area contributed by atoms with Crippen LogP contribution in [0.1, 0.15) is 33.6 Å². The van der Waals surface area contributed by atoms with Crippen LogP contribution < -0.4 is 11.1 Å². The van der Waals surface area contributed by atoms with E-state index >= 15 is 0 Å². The Morgan fingerprint density at radius 2 is 2.05 bits per heavy atom. The predicted molar refractivity (Wildman–Crippen MR) is 85.9 cm³/mol. The van der Waals surface area contributed by atoms with Gasteiger partial charge in [-0.3, -0.25) is 0 Å². The molecule has 0 saturated carbocycles. The van der Waals surface area contributed by atoms with Crippen LogP contribution in [-0.4, -0.2) is 45.7 Å². The third-order valence-corrected chi connectivity index (χ3v) is 3.68. The Morgan fingerprint density at radius 3 is 2.64 bits per heavy atom. The van der Waals surface area contributed by atoms with Crippen molar-refractivity contribution < 1.29 is 9.53 Å². The van der Waals surface area contributed by atoms with Crippen LogP contribution in [0, 0.1) is 0 Å². The zero-order valence-electron chi connectivity index (χ0n) is 13.1. The fourth-order valence-corrected chi connectivity index (χ4v) is 2.36. The number of halogens is 1. The van der Waals surface area contributed by atoms with Gasteiger partial charge in [-0.15, -0.1) is 0 Å². The van der Waals surface area contributed by atoms with Crippen LogP contribution in [0.25, 0.3) is 0 Å². The summed E-state index contributed by atoms with van der Waals surface area (Å²) in [6.07, 6.45) is 2.69. The summed E-state index contributed by atoms with van der Waals surface area (Å²) >= 11 is 6.07. The van der Waals surface area contributed by atoms with Crippen LogP contribution in [0.4, 0.5) is 16.4 Å². The largest absolute Gasteiger partial charge is 0.444 e. The van der Waals surface area contributed by atoms with E-state index in [1.807, 2.05) is 20.8 Å². The first-order valence-electron chi connectivity index (χ1n) is 7.26. The monoisotopic (exact) mass is 327 g/mol. The molecule has 0 radical (unpaired) electrons. The summed E-state index contributed by atoms with van der Waals surface area (Å²) in [5, 5.41) is 3.59. The fourth-order valence-electron chi connectivity index (χ4n) is 2.21. The van der Waals surface area contributed by atoms with Gasteiger partial charge in [-0.05, 0) is 33.6 Å². The number of nitrogens with one attached hydrogen (secondary N) is 1. The molecule has 0 aliphatic carbocycles. The van der Waals surface area contributed by atoms with Gasteiger partial charge in [-0.1, -0.05) is 11.6 Å². The van der Waals surface area contributed by atoms with Gasteiger partial charge in [0.1, 0.15) is 22.8 Å². The number of carbonyl (C=O) groups excluding carboxylic acids is 1. The maximum atomic E-state index is 12.0. The highest BCUT2D eigenvalue weighted by molar-refractivity contribution is 6.35. The molecule has 2 heterocycles. The Bertz CT molecular complexity index is 539. The van der Waals surface area contributed by atoms with E-state index in [0.29, 0.717) is 23.9 Å². The van der Waals surface area contributed by atoms with Crippen molar-refractivity contribution >= 4 is 29.3 Å². The Kier molecular flexibility index (Phi) is 4.95. The zero-order chi connectivity index (χ0) is 16.3. The van der Waals surface area contributed by atoms with Crippen LogP contribution in [0.15, 0.2) is 6.33 Å². The van der Waals surface area contributed by atoms with Crippen LogP contribution in [-0.2, 0) is 4.74 Å². The number of carbonyl (C=O) groups is 1. The number of hydrogen-bond acceptors (Lipinski definition) is 6. The van der Waals surface area contributed by atoms with Gasteiger partial charge in [-0.25, -0.2) is 14.8 Å². The molecule has 2 rings (SSSR count). The van der Waals surface area contributed by atoms with Crippen molar-refractivity contribution in [2.75, 3.05) is 24.1 Å². The molecule has 1 fully saturated rings. The highest BCUT2D eigenvalue weighted by atomic mass is 35.5. The van der Waals surface area contributed by atoms with Gasteiger partial charge in [0.2, 0.25) is 0 Å². The zero-order valence-corrected chi connectivity index (χ0v) is 13.9. The van der Waals surface area contributed by atoms with Gasteiger partial charge in [0, 0.05) is 19.1 Å². The molecule has 0 aromatic carbocycles. The summed E-state index contributed by atoms with van der Waals surface area (Å²) < 4.78 is 5.37. The van der Waals surface area contributed by atoms with Crippen molar-refractivity contribution in [3.05, 3.63) is 11.3 Å². The van der Waals surface area contributed by atoms with E-state index in [1.165, 1.54) is 6.33 Å². The first-order valence-corrected chi connectivity index (χ1v) is 7.64. The molecule has 0 spiro atoms. The molecule has 0 unspecified atom stereocenters. The first-order chi connectivity index (χ1) is 10.3. The molecule has 1 amide bonds. The van der Waals surface area contributed by atoms with Gasteiger partial charge in [0.25, 0.3) is 0 Å². The average molecular weight is 328 g/mol. The molecular weight excluding hydrogens is 306 g/mol. The van der Waals surface area contributed by atoms with Crippen molar-refractivity contribution in [3.8, 4) is 0 Å². The number of piperidine rings is 1. The number of nitrogens with zero attached hydrogens (tertiary/aromatic N) is 3. The van der Waals surface area contributed by atoms with Crippen LogP contribution in [0.5, 0.6) is 0 Å². The van der Waals surface area contributed by atoms with E-state index < -0.39 is 5.60 Å². The van der Waals surface area contributed by atoms with Crippen molar-refractivity contribution in [2.24, 2.45) is 0 Å². The van der Waals surface area contributed by atoms with Gasteiger partial charge in [-0.2, -0.15) is 0 Å². The Hall–Kier alpha value is -1.76. The van der Waals surface area contributed by atoms with E-state index in [0.717, 1.165) is 12.8 Å². The third kappa shape index (κ3) is 4.37. The Labute approximate surface area is 135 Å². The molecule has 0 bridgehead atoms. The lowest BCUT2D eigenvalue weighted by Crippen LogP contribution is -2.44. The molecule has 1 aliphatic rings. The third-order valence-electron chi connectivity index (χ3n) is 3.30. The van der Waals surface area contributed by atoms with Gasteiger partial charge >= 0.3 is 6.09 Å². The maximum Gasteiger partial charge on any atom is 0.410 e. The number of hydrogen-bond donors (Lipinski definition) is 2. The van der Waals surface area contributed by atoms with Crippen LogP contribution in [0.2, 0.25) is 5.02 Å². The fraction of sp³-hybridized carbons (Fsp3) is 0.643. The summed E-state index contributed by atoms with van der Waals surface area (Å²) in [7, 11) is 0. The van der Waals surface area contributed by atoms with Gasteiger partial charge in [0.15, 0.2) is 5.82 Å². The Balaban J connectivity index is 1.87. The summed E-state index contributed by atoms with van der Waals surface area (Å²) in [6, 6.07) is 0.186. The molecular formula is C14H22ClN5O2. The molecule has 8 heteroatoms. The van der Waals surface area contributed by atoms with Crippen molar-refractivity contribution in [1.29, 1.82) is 0 Å². The molecule has 3 N–H and O–H groups in total. The van der Waals surface area contributed by atoms with Crippen molar-refractivity contribution in [3.63, 3.8) is 0 Å². The second-order valence-corrected chi connectivity index (χ2v) is 6.69. The molecule has 1 aliphatic heterocycles. The minimum atomic E-state index is -0.474. The Morgan fingerprint density at radius 1 is 1.41 bits per heavy atom. The second kappa shape index (κ2) is 6.56. The van der Waals surface area contributed by atoms with E-state index in [9.17, 15) is 4.79 Å². The lowest BCUT2D eigenvalue weighted by Gasteiger charge is -2.34. The number of ether oxygens (including phenoxy) is 1. The number of nitrogen functional groups attached to an aromatic ring is 1. The molecule has 122 valence electrons. The van der Waals surface area contributed by atoms with E-state index in [4.69, 9.17) is 22.1 Å². The topological polar surface area (TPSA) is 93.4 Å². The van der Waals surface area contributed by atoms with Crippen molar-refractivity contribution in [2.45, 2.75) is 45.3 Å². The van der Waals surface area contributed by atoms with Crippen LogP contribution in [0.3, 0.4) is 0 Å². The lowest BCUT2D eigenvalue weighted by molar-refractivity contribution is 0.0210. The number of likely N-dealkylation sites (tertiary alicyclic amines) is 1. The van der Waals surface area contributed by atoms with Gasteiger partial charge < -0.3 is 20.7 Å². The first kappa shape index (κ1) is 16.6. The quantitative estimate of drug-likeness (QED) is 0.867. The molecule has 7 nitrogen and oxygen atoms in total. The molecule has 1 aromatic rings. The smallest absolute Gasteiger partial charge is 0.410 e. The highest BCUT2D eigenvalue weighted by Gasteiger charge is 2.27. The van der Waals surface area contributed by atoms with Crippen LogP contribution >= 0.6 is 11.6 Å². The summed E-state index contributed by atoms with van der Waals surface area (Å²) in [5.41, 5.74) is 5.18. The lowest BCUT2D eigenvalue weighted by atomic mass is 10.1.